The molecule has 1 rings (SSSR count). The number of benzene rings is 1. The Morgan fingerprint density at radius 1 is 1.28 bits per heavy atom. The molecule has 100 valence electrons. The summed E-state index contributed by atoms with van der Waals surface area (Å²) in [5.41, 5.74) is 0.980. The molecular formula is C14H20O3S. The lowest BCUT2D eigenvalue weighted by molar-refractivity contribution is -0.117. The van der Waals surface area contributed by atoms with E-state index in [9.17, 15) is 13.2 Å². The van der Waals surface area contributed by atoms with Crippen LogP contribution >= 0.6 is 0 Å². The van der Waals surface area contributed by atoms with Gasteiger partial charge in [-0.25, -0.2) is 8.42 Å². The molecule has 0 bridgehead atoms. The molecule has 0 aliphatic heterocycles. The van der Waals surface area contributed by atoms with Crippen LogP contribution < -0.4 is 0 Å². The zero-order chi connectivity index (χ0) is 13.6. The molecule has 0 radical (unpaired) electrons. The first-order chi connectivity index (χ1) is 8.45. The van der Waals surface area contributed by atoms with Crippen LogP contribution in [-0.2, 0) is 21.1 Å². The van der Waals surface area contributed by atoms with Crippen molar-refractivity contribution in [2.24, 2.45) is 0 Å². The van der Waals surface area contributed by atoms with Gasteiger partial charge in [0.1, 0.15) is 5.78 Å². The van der Waals surface area contributed by atoms with E-state index in [4.69, 9.17) is 0 Å². The maximum atomic E-state index is 11.9. The molecule has 0 N–H and O–H groups in total. The summed E-state index contributed by atoms with van der Waals surface area (Å²) in [4.78, 5) is 11.2. The van der Waals surface area contributed by atoms with Crippen molar-refractivity contribution in [2.45, 2.75) is 44.4 Å². The van der Waals surface area contributed by atoms with Crippen molar-refractivity contribution in [3.05, 3.63) is 29.8 Å². The molecule has 0 aliphatic rings. The Labute approximate surface area is 109 Å². The average Bonchev–Trinajstić information content (AvgIpc) is 2.29. The summed E-state index contributed by atoms with van der Waals surface area (Å²) >= 11 is 0. The third-order valence-corrected chi connectivity index (χ3v) is 4.64. The first-order valence-corrected chi connectivity index (χ1v) is 7.92. The summed E-state index contributed by atoms with van der Waals surface area (Å²) in [7, 11) is -3.14. The van der Waals surface area contributed by atoms with Gasteiger partial charge in [0.2, 0.25) is 0 Å². The standard InChI is InChI=1S/C14H20O3S/c1-3-10-18(16,17)14-9-5-8-13(11-14)7-4-6-12(2)15/h5,8-9,11H,3-4,6-7,10H2,1-2H3. The molecular weight excluding hydrogens is 248 g/mol. The molecule has 0 saturated carbocycles. The molecule has 4 heteroatoms. The summed E-state index contributed by atoms with van der Waals surface area (Å²) in [5, 5.41) is 0. The van der Waals surface area contributed by atoms with Gasteiger partial charge in [0.15, 0.2) is 9.84 Å². The van der Waals surface area contributed by atoms with Gasteiger partial charge in [0.05, 0.1) is 10.6 Å². The fourth-order valence-corrected chi connectivity index (χ4v) is 3.21. The molecule has 3 nitrogen and oxygen atoms in total. The van der Waals surface area contributed by atoms with Gasteiger partial charge in [-0.2, -0.15) is 0 Å². The summed E-state index contributed by atoms with van der Waals surface area (Å²) in [6, 6.07) is 7.04. The van der Waals surface area contributed by atoms with Gasteiger partial charge >= 0.3 is 0 Å². The lowest BCUT2D eigenvalue weighted by Crippen LogP contribution is -2.06. The quantitative estimate of drug-likeness (QED) is 0.764. The minimum absolute atomic E-state index is 0.171. The van der Waals surface area contributed by atoms with E-state index in [1.54, 1.807) is 25.1 Å². The monoisotopic (exact) mass is 268 g/mol. The van der Waals surface area contributed by atoms with Crippen LogP contribution in [-0.4, -0.2) is 20.0 Å². The second kappa shape index (κ2) is 6.69. The predicted molar refractivity (Wildman–Crippen MR) is 72.4 cm³/mol. The Balaban J connectivity index is 2.76. The fourth-order valence-electron chi connectivity index (χ4n) is 1.82. The lowest BCUT2D eigenvalue weighted by Gasteiger charge is -2.05. The van der Waals surface area contributed by atoms with Crippen LogP contribution in [0.15, 0.2) is 29.2 Å². The number of rotatable bonds is 7. The highest BCUT2D eigenvalue weighted by atomic mass is 32.2. The van der Waals surface area contributed by atoms with Crippen molar-refractivity contribution in [3.8, 4) is 0 Å². The number of sulfone groups is 1. The summed E-state index contributed by atoms with van der Waals surface area (Å²) < 4.78 is 23.8. The summed E-state index contributed by atoms with van der Waals surface area (Å²) in [6.07, 6.45) is 2.69. The second-order valence-corrected chi connectivity index (χ2v) is 6.63. The Hall–Kier alpha value is -1.16. The highest BCUT2D eigenvalue weighted by molar-refractivity contribution is 7.91. The third-order valence-electron chi connectivity index (χ3n) is 2.72. The second-order valence-electron chi connectivity index (χ2n) is 4.52. The van der Waals surface area contributed by atoms with E-state index in [1.807, 2.05) is 13.0 Å². The zero-order valence-electron chi connectivity index (χ0n) is 11.0. The zero-order valence-corrected chi connectivity index (χ0v) is 11.8. The van der Waals surface area contributed by atoms with Crippen molar-refractivity contribution in [1.82, 2.24) is 0 Å². The Bertz CT molecular complexity index is 504. The van der Waals surface area contributed by atoms with Crippen LogP contribution in [0.5, 0.6) is 0 Å². The van der Waals surface area contributed by atoms with E-state index in [0.29, 0.717) is 17.7 Å². The van der Waals surface area contributed by atoms with Gasteiger partial charge in [0, 0.05) is 6.42 Å². The topological polar surface area (TPSA) is 51.2 Å². The Morgan fingerprint density at radius 2 is 2.00 bits per heavy atom. The number of Topliss-reactive ketones (excluding diaryl/α,β-unsaturated/α-hetero) is 1. The van der Waals surface area contributed by atoms with E-state index in [0.717, 1.165) is 18.4 Å². The van der Waals surface area contributed by atoms with Gasteiger partial charge in [-0.15, -0.1) is 0 Å². The highest BCUT2D eigenvalue weighted by Crippen LogP contribution is 2.15. The van der Waals surface area contributed by atoms with E-state index >= 15 is 0 Å². The molecule has 0 heterocycles. The number of carbonyl (C=O) groups is 1. The molecule has 0 spiro atoms. The van der Waals surface area contributed by atoms with Gasteiger partial charge in [0.25, 0.3) is 0 Å². The molecule has 18 heavy (non-hydrogen) atoms. The normalized spacial score (nSPS) is 11.4. The smallest absolute Gasteiger partial charge is 0.178 e. The summed E-state index contributed by atoms with van der Waals surface area (Å²) in [6.45, 7) is 3.43. The van der Waals surface area contributed by atoms with Crippen LogP contribution in [0, 0.1) is 0 Å². The molecule has 0 atom stereocenters. The van der Waals surface area contributed by atoms with Gasteiger partial charge < -0.3 is 4.79 Å². The molecule has 0 unspecified atom stereocenters. The number of aryl methyl sites for hydroxylation is 1. The lowest BCUT2D eigenvalue weighted by atomic mass is 10.1. The van der Waals surface area contributed by atoms with Crippen molar-refractivity contribution < 1.29 is 13.2 Å². The fraction of sp³-hybridized carbons (Fsp3) is 0.500. The molecule has 0 amide bonds. The SMILES string of the molecule is CCCS(=O)(=O)c1cccc(CCCC(C)=O)c1. The van der Waals surface area contributed by atoms with E-state index in [-0.39, 0.29) is 11.5 Å². The minimum atomic E-state index is -3.14. The van der Waals surface area contributed by atoms with Crippen LogP contribution in [0.3, 0.4) is 0 Å². The minimum Gasteiger partial charge on any atom is -0.300 e. The van der Waals surface area contributed by atoms with Gasteiger partial charge in [-0.3, -0.25) is 0 Å². The highest BCUT2D eigenvalue weighted by Gasteiger charge is 2.13. The third kappa shape index (κ3) is 4.61. The Kier molecular flexibility index (Phi) is 5.54. The first-order valence-electron chi connectivity index (χ1n) is 6.27. The molecule has 0 aliphatic carbocycles. The van der Waals surface area contributed by atoms with Crippen molar-refractivity contribution >= 4 is 15.6 Å². The first kappa shape index (κ1) is 14.9. The summed E-state index contributed by atoms with van der Waals surface area (Å²) in [5.74, 6) is 0.355. The van der Waals surface area contributed by atoms with Gasteiger partial charge in [-0.1, -0.05) is 19.1 Å². The van der Waals surface area contributed by atoms with Crippen LogP contribution in [0.2, 0.25) is 0 Å². The van der Waals surface area contributed by atoms with Crippen LogP contribution in [0.1, 0.15) is 38.7 Å². The van der Waals surface area contributed by atoms with Crippen LogP contribution in [0.25, 0.3) is 0 Å². The van der Waals surface area contributed by atoms with E-state index in [1.165, 1.54) is 0 Å². The molecule has 0 saturated heterocycles. The maximum absolute atomic E-state index is 11.9. The average molecular weight is 268 g/mol. The maximum Gasteiger partial charge on any atom is 0.178 e. The number of ketones is 1. The number of hydrogen-bond acceptors (Lipinski definition) is 3. The molecule has 1 aromatic rings. The van der Waals surface area contributed by atoms with E-state index < -0.39 is 9.84 Å². The van der Waals surface area contributed by atoms with E-state index in [2.05, 4.69) is 0 Å². The van der Waals surface area contributed by atoms with Crippen molar-refractivity contribution in [3.63, 3.8) is 0 Å². The van der Waals surface area contributed by atoms with Crippen LogP contribution in [0.4, 0.5) is 0 Å². The predicted octanol–water partition coefficient (Wildman–Crippen LogP) is 2.78. The van der Waals surface area contributed by atoms with Gasteiger partial charge in [-0.05, 0) is 43.9 Å². The Morgan fingerprint density at radius 3 is 2.61 bits per heavy atom. The molecule has 0 aromatic heterocycles. The van der Waals surface area contributed by atoms with Crippen molar-refractivity contribution in [1.29, 1.82) is 0 Å². The number of hydrogen-bond donors (Lipinski definition) is 0. The van der Waals surface area contributed by atoms with Crippen molar-refractivity contribution in [2.75, 3.05) is 5.75 Å². The molecule has 0 fully saturated rings. The molecule has 1 aromatic carbocycles. The largest absolute Gasteiger partial charge is 0.300 e. The number of carbonyl (C=O) groups excluding carboxylic acids is 1.